The van der Waals surface area contributed by atoms with Gasteiger partial charge in [0.15, 0.2) is 0 Å². The number of thiophene rings is 1. The first-order valence-electron chi connectivity index (χ1n) is 12.0. The highest BCUT2D eigenvalue weighted by atomic mass is 32.1. The second-order valence-electron chi connectivity index (χ2n) is 8.67. The van der Waals surface area contributed by atoms with Crippen molar-refractivity contribution in [1.82, 2.24) is 5.32 Å². The van der Waals surface area contributed by atoms with E-state index in [2.05, 4.69) is 5.32 Å². The van der Waals surface area contributed by atoms with Crippen LogP contribution in [-0.4, -0.2) is 24.5 Å². The number of aryl methyl sites for hydroxylation is 1. The van der Waals surface area contributed by atoms with Gasteiger partial charge in [0.05, 0.1) is 13.0 Å². The van der Waals surface area contributed by atoms with Gasteiger partial charge < -0.3 is 10.1 Å². The molecule has 0 saturated heterocycles. The van der Waals surface area contributed by atoms with Gasteiger partial charge in [-0.1, -0.05) is 55.3 Å². The summed E-state index contributed by atoms with van der Waals surface area (Å²) in [4.78, 5) is 30.5. The third-order valence-corrected chi connectivity index (χ3v) is 7.15. The van der Waals surface area contributed by atoms with Crippen LogP contribution in [0.3, 0.4) is 0 Å². The number of para-hydroxylation sites is 2. The Morgan fingerprint density at radius 1 is 1.06 bits per heavy atom. The maximum Gasteiger partial charge on any atom is 0.248 e. The van der Waals surface area contributed by atoms with Gasteiger partial charge in [0.25, 0.3) is 0 Å². The SMILES string of the molecule is CCOc1ccccc1[C@@H](C(=O)NC1CCCC1)N(C(=O)Cc1cccs1)c1ccccc1C. The maximum atomic E-state index is 13.9. The molecule has 1 N–H and O–H groups in total. The fourth-order valence-corrected chi connectivity index (χ4v) is 5.34. The molecule has 1 aromatic heterocycles. The number of nitrogens with one attached hydrogen (secondary N) is 1. The second-order valence-corrected chi connectivity index (χ2v) is 9.70. The Morgan fingerprint density at radius 3 is 2.50 bits per heavy atom. The van der Waals surface area contributed by atoms with Crippen molar-refractivity contribution in [2.45, 2.75) is 58.0 Å². The molecule has 5 nitrogen and oxygen atoms in total. The molecule has 1 heterocycles. The number of carbonyl (C=O) groups is 2. The summed E-state index contributed by atoms with van der Waals surface area (Å²) in [5, 5.41) is 5.21. The first-order valence-corrected chi connectivity index (χ1v) is 12.9. The number of nitrogens with zero attached hydrogens (tertiary/aromatic N) is 1. The van der Waals surface area contributed by atoms with Crippen LogP contribution in [-0.2, 0) is 16.0 Å². The van der Waals surface area contributed by atoms with Gasteiger partial charge in [0, 0.05) is 22.2 Å². The molecule has 0 radical (unpaired) electrons. The van der Waals surface area contributed by atoms with Crippen LogP contribution in [0.4, 0.5) is 5.69 Å². The van der Waals surface area contributed by atoms with Crippen molar-refractivity contribution in [3.8, 4) is 5.75 Å². The Balaban J connectivity index is 1.82. The summed E-state index contributed by atoms with van der Waals surface area (Å²) < 4.78 is 5.92. The van der Waals surface area contributed by atoms with E-state index in [-0.39, 0.29) is 24.3 Å². The van der Waals surface area contributed by atoms with Crippen molar-refractivity contribution in [2.24, 2.45) is 0 Å². The van der Waals surface area contributed by atoms with Crippen LogP contribution < -0.4 is 15.0 Å². The Bertz CT molecular complexity index is 1110. The van der Waals surface area contributed by atoms with Crippen molar-refractivity contribution in [2.75, 3.05) is 11.5 Å². The molecule has 1 aliphatic rings. The Labute approximate surface area is 205 Å². The van der Waals surface area contributed by atoms with Crippen LogP contribution in [0, 0.1) is 6.92 Å². The first kappa shape index (κ1) is 24.0. The van der Waals surface area contributed by atoms with Crippen LogP contribution in [0.2, 0.25) is 0 Å². The average Bonchev–Trinajstić information content (AvgIpc) is 3.53. The van der Waals surface area contributed by atoms with Gasteiger partial charge >= 0.3 is 0 Å². The average molecular weight is 477 g/mol. The molecule has 178 valence electrons. The normalized spacial score (nSPS) is 14.5. The molecule has 1 fully saturated rings. The summed E-state index contributed by atoms with van der Waals surface area (Å²) in [5.74, 6) is 0.343. The molecule has 0 spiro atoms. The lowest BCUT2D eigenvalue weighted by Gasteiger charge is -2.34. The number of hydrogen-bond acceptors (Lipinski definition) is 4. The van der Waals surface area contributed by atoms with E-state index in [9.17, 15) is 9.59 Å². The number of rotatable bonds is 9. The highest BCUT2D eigenvalue weighted by Gasteiger charge is 2.36. The molecule has 3 aromatic rings. The molecular formula is C28H32N2O3S. The van der Waals surface area contributed by atoms with Crippen LogP contribution >= 0.6 is 11.3 Å². The van der Waals surface area contributed by atoms with E-state index in [0.717, 1.165) is 41.8 Å². The molecule has 1 aliphatic carbocycles. The largest absolute Gasteiger partial charge is 0.493 e. The lowest BCUT2D eigenvalue weighted by molar-refractivity contribution is -0.127. The topological polar surface area (TPSA) is 58.6 Å². The number of hydrogen-bond donors (Lipinski definition) is 1. The van der Waals surface area contributed by atoms with Crippen molar-refractivity contribution in [3.63, 3.8) is 0 Å². The molecule has 6 heteroatoms. The predicted molar refractivity (Wildman–Crippen MR) is 137 cm³/mol. The molecule has 0 unspecified atom stereocenters. The smallest absolute Gasteiger partial charge is 0.248 e. The van der Waals surface area contributed by atoms with Crippen LogP contribution in [0.1, 0.15) is 54.7 Å². The molecule has 34 heavy (non-hydrogen) atoms. The number of benzene rings is 2. The van der Waals surface area contributed by atoms with Gasteiger partial charge in [-0.15, -0.1) is 11.3 Å². The molecule has 4 rings (SSSR count). The van der Waals surface area contributed by atoms with Gasteiger partial charge in [0.2, 0.25) is 11.8 Å². The molecule has 0 aliphatic heterocycles. The molecular weight excluding hydrogens is 444 g/mol. The minimum absolute atomic E-state index is 0.116. The quantitative estimate of drug-likeness (QED) is 0.423. The Kier molecular flexibility index (Phi) is 8.01. The zero-order valence-electron chi connectivity index (χ0n) is 19.8. The molecule has 1 saturated carbocycles. The first-order chi connectivity index (χ1) is 16.6. The summed E-state index contributed by atoms with van der Waals surface area (Å²) in [6.45, 7) is 4.37. The number of amides is 2. The van der Waals surface area contributed by atoms with E-state index in [0.29, 0.717) is 17.9 Å². The summed E-state index contributed by atoms with van der Waals surface area (Å²) in [6.07, 6.45) is 4.40. The second kappa shape index (κ2) is 11.3. The van der Waals surface area contributed by atoms with Gasteiger partial charge in [0.1, 0.15) is 11.8 Å². The Hall–Kier alpha value is -3.12. The lowest BCUT2D eigenvalue weighted by atomic mass is 9.99. The van der Waals surface area contributed by atoms with Crippen molar-refractivity contribution in [3.05, 3.63) is 82.0 Å². The fourth-order valence-electron chi connectivity index (χ4n) is 4.64. The summed E-state index contributed by atoms with van der Waals surface area (Å²) in [6, 6.07) is 18.5. The van der Waals surface area contributed by atoms with E-state index in [1.807, 2.05) is 79.9 Å². The van der Waals surface area contributed by atoms with Gasteiger partial charge in [-0.25, -0.2) is 0 Å². The zero-order valence-corrected chi connectivity index (χ0v) is 20.6. The molecule has 0 bridgehead atoms. The highest BCUT2D eigenvalue weighted by molar-refractivity contribution is 7.10. The molecule has 1 atom stereocenters. The maximum absolute atomic E-state index is 13.9. The third kappa shape index (κ3) is 5.50. The minimum Gasteiger partial charge on any atom is -0.493 e. The predicted octanol–water partition coefficient (Wildman–Crippen LogP) is 5.83. The summed E-state index contributed by atoms with van der Waals surface area (Å²) in [7, 11) is 0. The van der Waals surface area contributed by atoms with Gasteiger partial charge in [-0.05, 0) is 55.8 Å². The van der Waals surface area contributed by atoms with Crippen LogP contribution in [0.5, 0.6) is 5.75 Å². The van der Waals surface area contributed by atoms with Crippen molar-refractivity contribution >= 4 is 28.8 Å². The minimum atomic E-state index is -0.836. The lowest BCUT2D eigenvalue weighted by Crippen LogP contribution is -2.47. The van der Waals surface area contributed by atoms with Crippen LogP contribution in [0.25, 0.3) is 0 Å². The van der Waals surface area contributed by atoms with E-state index in [1.54, 1.807) is 16.2 Å². The van der Waals surface area contributed by atoms with Crippen LogP contribution in [0.15, 0.2) is 66.0 Å². The van der Waals surface area contributed by atoms with E-state index < -0.39 is 6.04 Å². The fraction of sp³-hybridized carbons (Fsp3) is 0.357. The standard InChI is InChI=1S/C28H32N2O3S/c1-3-33-25-17-9-7-15-23(25)27(28(32)29-21-12-5-6-13-21)30(24-16-8-4-11-20(24)2)26(31)19-22-14-10-18-34-22/h4,7-11,14-18,21,27H,3,5-6,12-13,19H2,1-2H3,(H,29,32)/t27-/m0/s1. The van der Waals surface area contributed by atoms with Crippen molar-refractivity contribution in [1.29, 1.82) is 0 Å². The Morgan fingerprint density at radius 2 is 1.79 bits per heavy atom. The highest BCUT2D eigenvalue weighted by Crippen LogP contribution is 2.36. The number of carbonyl (C=O) groups excluding carboxylic acids is 2. The van der Waals surface area contributed by atoms with Crippen molar-refractivity contribution < 1.29 is 14.3 Å². The van der Waals surface area contributed by atoms with Gasteiger partial charge in [-0.2, -0.15) is 0 Å². The van der Waals surface area contributed by atoms with E-state index in [4.69, 9.17) is 4.74 Å². The third-order valence-electron chi connectivity index (χ3n) is 6.27. The summed E-state index contributed by atoms with van der Waals surface area (Å²) >= 11 is 1.55. The zero-order chi connectivity index (χ0) is 23.9. The summed E-state index contributed by atoms with van der Waals surface area (Å²) in [5.41, 5.74) is 2.37. The number of ether oxygens (including phenoxy) is 1. The van der Waals surface area contributed by atoms with E-state index >= 15 is 0 Å². The number of anilines is 1. The molecule has 2 amide bonds. The van der Waals surface area contributed by atoms with Gasteiger partial charge in [-0.3, -0.25) is 14.5 Å². The monoisotopic (exact) mass is 476 g/mol. The van der Waals surface area contributed by atoms with E-state index in [1.165, 1.54) is 0 Å². The molecule has 2 aromatic carbocycles.